The molecule has 2 aromatic heterocycles. The number of halogens is 2. The third-order valence-corrected chi connectivity index (χ3v) is 6.33. The van der Waals surface area contributed by atoms with Gasteiger partial charge in [0, 0.05) is 23.3 Å². The molecule has 0 bridgehead atoms. The van der Waals surface area contributed by atoms with E-state index in [1.165, 1.54) is 6.07 Å². The predicted molar refractivity (Wildman–Crippen MR) is 124 cm³/mol. The smallest absolute Gasteiger partial charge is 0.238 e. The lowest BCUT2D eigenvalue weighted by atomic mass is 10.1. The van der Waals surface area contributed by atoms with Crippen molar-refractivity contribution in [2.45, 2.75) is 26.1 Å². The average molecular weight is 479 g/mol. The largest absolute Gasteiger partial charge is 0.474 e. The normalized spacial score (nSPS) is 16.4. The summed E-state index contributed by atoms with van der Waals surface area (Å²) in [6.07, 6.45) is 1.74. The Morgan fingerprint density at radius 2 is 2.09 bits per heavy atom. The third-order valence-electron chi connectivity index (χ3n) is 6.10. The topological polar surface area (TPSA) is 79.3 Å². The van der Waals surface area contributed by atoms with Crippen LogP contribution in [-0.4, -0.2) is 43.9 Å². The van der Waals surface area contributed by atoms with Gasteiger partial charge in [0.1, 0.15) is 37.1 Å². The molecule has 6 rings (SSSR count). The Labute approximate surface area is 199 Å². The highest BCUT2D eigenvalue weighted by Gasteiger charge is 2.31. The van der Waals surface area contributed by atoms with Crippen LogP contribution < -0.4 is 0 Å². The van der Waals surface area contributed by atoms with Crippen molar-refractivity contribution in [2.75, 3.05) is 13.7 Å². The minimum atomic E-state index is -0.432. The number of aliphatic imine (C=N–C) groups is 1. The second-order valence-corrected chi connectivity index (χ2v) is 8.75. The van der Waals surface area contributed by atoms with E-state index >= 15 is 0 Å². The minimum Gasteiger partial charge on any atom is -0.474 e. The van der Waals surface area contributed by atoms with Crippen molar-refractivity contribution >= 4 is 17.5 Å². The summed E-state index contributed by atoms with van der Waals surface area (Å²) in [7, 11) is 1.62. The molecule has 172 valence electrons. The van der Waals surface area contributed by atoms with Gasteiger partial charge in [-0.15, -0.1) is 10.2 Å². The Bertz CT molecular complexity index is 1460. The molecule has 0 spiro atoms. The maximum atomic E-state index is 14.5. The van der Waals surface area contributed by atoms with Gasteiger partial charge in [0.05, 0.1) is 17.9 Å². The van der Waals surface area contributed by atoms with E-state index in [0.29, 0.717) is 47.0 Å². The van der Waals surface area contributed by atoms with Crippen molar-refractivity contribution in [3.05, 3.63) is 81.9 Å². The first-order valence-corrected chi connectivity index (χ1v) is 11.2. The number of fused-ring (bicyclic) bond motifs is 5. The van der Waals surface area contributed by atoms with Crippen LogP contribution in [0.15, 0.2) is 47.7 Å². The van der Waals surface area contributed by atoms with Crippen molar-refractivity contribution in [2.24, 2.45) is 4.99 Å². The first kappa shape index (κ1) is 21.0. The molecular weight excluding hydrogens is 459 g/mol. The Kier molecular flexibility index (Phi) is 4.96. The summed E-state index contributed by atoms with van der Waals surface area (Å²) in [6, 6.07) is 10.2. The van der Waals surface area contributed by atoms with Crippen molar-refractivity contribution in [3.63, 3.8) is 0 Å². The van der Waals surface area contributed by atoms with E-state index in [9.17, 15) is 4.39 Å². The van der Waals surface area contributed by atoms with Gasteiger partial charge in [-0.05, 0) is 31.2 Å². The highest BCUT2D eigenvalue weighted by molar-refractivity contribution is 6.31. The lowest BCUT2D eigenvalue weighted by Gasteiger charge is -2.09. The molecular formula is C24H20ClFN6O2. The number of benzene rings is 2. The third kappa shape index (κ3) is 3.31. The van der Waals surface area contributed by atoms with Crippen LogP contribution in [0, 0.1) is 12.7 Å². The molecule has 2 aliphatic heterocycles. The van der Waals surface area contributed by atoms with Crippen LogP contribution in [0.5, 0.6) is 0 Å². The van der Waals surface area contributed by atoms with E-state index in [4.69, 9.17) is 26.1 Å². The molecule has 34 heavy (non-hydrogen) atoms. The zero-order valence-electron chi connectivity index (χ0n) is 18.5. The van der Waals surface area contributed by atoms with E-state index in [2.05, 4.69) is 15.2 Å². The fourth-order valence-electron chi connectivity index (χ4n) is 4.48. The molecule has 0 saturated carbocycles. The minimum absolute atomic E-state index is 0.251. The molecule has 1 atom stereocenters. The second-order valence-electron chi connectivity index (χ2n) is 8.32. The van der Waals surface area contributed by atoms with Gasteiger partial charge in [-0.1, -0.05) is 29.3 Å². The number of hydrogen-bond donors (Lipinski definition) is 0. The summed E-state index contributed by atoms with van der Waals surface area (Å²) in [5, 5.41) is 9.33. The SMILES string of the molecule is COCc1nnc2n1Cc1c(C3=N[C@@H](c4cc(C)ccc4F)CO3)ncn1-c1ccc(Cl)cc1-2. The summed E-state index contributed by atoms with van der Waals surface area (Å²) in [5.74, 6) is 1.46. The van der Waals surface area contributed by atoms with Crippen LogP contribution in [0.3, 0.4) is 0 Å². The lowest BCUT2D eigenvalue weighted by Crippen LogP contribution is -2.13. The molecule has 0 unspecified atom stereocenters. The number of nitrogens with zero attached hydrogens (tertiary/aromatic N) is 6. The highest BCUT2D eigenvalue weighted by atomic mass is 35.5. The Morgan fingerprint density at radius 3 is 2.94 bits per heavy atom. The molecule has 4 aromatic rings. The summed E-state index contributed by atoms with van der Waals surface area (Å²) in [4.78, 5) is 9.35. The fraction of sp³-hybridized carbons (Fsp3) is 0.250. The first-order chi connectivity index (χ1) is 16.5. The van der Waals surface area contributed by atoms with Gasteiger partial charge in [0.25, 0.3) is 0 Å². The number of imidazole rings is 1. The van der Waals surface area contributed by atoms with Crippen LogP contribution in [0.1, 0.15) is 34.4 Å². The Morgan fingerprint density at radius 1 is 1.21 bits per heavy atom. The molecule has 10 heteroatoms. The van der Waals surface area contributed by atoms with Crippen molar-refractivity contribution < 1.29 is 13.9 Å². The average Bonchev–Trinajstić information content (AvgIpc) is 3.54. The molecule has 0 aliphatic carbocycles. The standard InChI is InChI=1S/C24H20ClFN6O2/c1-13-3-5-17(26)15(7-13)18-10-34-24(28-18)22-20-9-31-21(11-33-2)29-30-23(31)16-8-14(25)4-6-19(16)32(20)12-27-22/h3-8,12,18H,9-11H2,1-2H3/t18-/m1/s1. The van der Waals surface area contributed by atoms with Crippen LogP contribution in [0.4, 0.5) is 4.39 Å². The molecule has 0 saturated heterocycles. The number of aryl methyl sites for hydroxylation is 1. The number of aromatic nitrogens is 5. The van der Waals surface area contributed by atoms with Gasteiger partial charge in [0.15, 0.2) is 11.6 Å². The second kappa shape index (κ2) is 8.03. The number of methoxy groups -OCH3 is 1. The number of ether oxygens (including phenoxy) is 2. The van der Waals surface area contributed by atoms with E-state index in [0.717, 1.165) is 22.5 Å². The first-order valence-electron chi connectivity index (χ1n) is 10.8. The maximum Gasteiger partial charge on any atom is 0.238 e. The predicted octanol–water partition coefficient (Wildman–Crippen LogP) is 4.26. The van der Waals surface area contributed by atoms with E-state index < -0.39 is 6.04 Å². The number of hydrogen-bond acceptors (Lipinski definition) is 6. The molecule has 0 fully saturated rings. The number of rotatable bonds is 4. The van der Waals surface area contributed by atoms with E-state index in [-0.39, 0.29) is 12.4 Å². The Balaban J connectivity index is 1.48. The highest BCUT2D eigenvalue weighted by Crippen LogP contribution is 2.35. The van der Waals surface area contributed by atoms with Gasteiger partial charge in [0.2, 0.25) is 5.90 Å². The summed E-state index contributed by atoms with van der Waals surface area (Å²) < 4.78 is 29.7. The molecule has 0 amide bonds. The molecule has 2 aliphatic rings. The summed E-state index contributed by atoms with van der Waals surface area (Å²) in [6.45, 7) is 2.91. The van der Waals surface area contributed by atoms with E-state index in [1.54, 1.807) is 19.5 Å². The molecule has 0 radical (unpaired) electrons. The summed E-state index contributed by atoms with van der Waals surface area (Å²) in [5.41, 5.74) is 4.64. The Hall–Kier alpha value is -3.56. The van der Waals surface area contributed by atoms with Gasteiger partial charge in [-0.3, -0.25) is 4.57 Å². The van der Waals surface area contributed by atoms with Crippen molar-refractivity contribution in [1.29, 1.82) is 0 Å². The quantitative estimate of drug-likeness (QED) is 0.385. The van der Waals surface area contributed by atoms with Crippen LogP contribution in [-0.2, 0) is 22.6 Å². The van der Waals surface area contributed by atoms with Gasteiger partial charge < -0.3 is 14.0 Å². The van der Waals surface area contributed by atoms with Crippen molar-refractivity contribution in [3.8, 4) is 17.1 Å². The van der Waals surface area contributed by atoms with Gasteiger partial charge in [-0.25, -0.2) is 14.4 Å². The van der Waals surface area contributed by atoms with Crippen LogP contribution in [0.2, 0.25) is 5.02 Å². The fourth-order valence-corrected chi connectivity index (χ4v) is 4.65. The van der Waals surface area contributed by atoms with Crippen LogP contribution >= 0.6 is 11.6 Å². The van der Waals surface area contributed by atoms with Gasteiger partial charge in [-0.2, -0.15) is 0 Å². The zero-order valence-corrected chi connectivity index (χ0v) is 19.3. The molecule has 0 N–H and O–H groups in total. The summed E-state index contributed by atoms with van der Waals surface area (Å²) >= 11 is 6.32. The molecule has 4 heterocycles. The molecule has 8 nitrogen and oxygen atoms in total. The zero-order chi connectivity index (χ0) is 23.4. The molecule has 2 aromatic carbocycles. The van der Waals surface area contributed by atoms with Crippen LogP contribution in [0.25, 0.3) is 17.1 Å². The van der Waals surface area contributed by atoms with Crippen molar-refractivity contribution in [1.82, 2.24) is 24.3 Å². The maximum absolute atomic E-state index is 14.5. The monoisotopic (exact) mass is 478 g/mol. The van der Waals surface area contributed by atoms with E-state index in [1.807, 2.05) is 40.3 Å². The lowest BCUT2D eigenvalue weighted by molar-refractivity contribution is 0.174. The van der Waals surface area contributed by atoms with Gasteiger partial charge >= 0.3 is 0 Å².